The van der Waals surface area contributed by atoms with Crippen LogP contribution in [0.25, 0.3) is 16.9 Å². The van der Waals surface area contributed by atoms with Crippen molar-refractivity contribution in [1.29, 1.82) is 0 Å². The molecule has 0 saturated carbocycles. The molecule has 4 aromatic rings. The molecule has 7 nitrogen and oxygen atoms in total. The lowest BCUT2D eigenvalue weighted by atomic mass is 10.1. The summed E-state index contributed by atoms with van der Waals surface area (Å²) in [4.78, 5) is 23.7. The first-order valence-electron chi connectivity index (χ1n) is 9.77. The lowest BCUT2D eigenvalue weighted by Gasteiger charge is -2.09. The number of rotatable bonds is 5. The first kappa shape index (κ1) is 20.0. The number of hydrogen-bond acceptors (Lipinski definition) is 4. The summed E-state index contributed by atoms with van der Waals surface area (Å²) in [5, 5.41) is 13.8. The van der Waals surface area contributed by atoms with Crippen LogP contribution in [0.2, 0.25) is 0 Å². The summed E-state index contributed by atoms with van der Waals surface area (Å²) in [7, 11) is 0. The fraction of sp³-hybridized carbons (Fsp3) is 0.0833. The SMILES string of the molecule is CC(=O)Nc1ccc(NC(=O)c2ccc(-n3nncc3-c3ccc(C)cc3)cc2)cc1. The predicted molar refractivity (Wildman–Crippen MR) is 120 cm³/mol. The molecule has 0 aliphatic heterocycles. The summed E-state index contributed by atoms with van der Waals surface area (Å²) in [6, 6.07) is 22.3. The second-order valence-electron chi connectivity index (χ2n) is 7.16. The summed E-state index contributed by atoms with van der Waals surface area (Å²) in [6.07, 6.45) is 1.72. The smallest absolute Gasteiger partial charge is 0.255 e. The van der Waals surface area contributed by atoms with Crippen molar-refractivity contribution in [1.82, 2.24) is 15.0 Å². The quantitative estimate of drug-likeness (QED) is 0.508. The molecule has 0 aliphatic rings. The molecule has 4 rings (SSSR count). The molecule has 0 saturated heterocycles. The maximum Gasteiger partial charge on any atom is 0.255 e. The highest BCUT2D eigenvalue weighted by atomic mass is 16.2. The van der Waals surface area contributed by atoms with E-state index in [1.54, 1.807) is 47.3 Å². The number of amides is 2. The van der Waals surface area contributed by atoms with Crippen molar-refractivity contribution in [3.63, 3.8) is 0 Å². The maximum absolute atomic E-state index is 12.6. The minimum absolute atomic E-state index is 0.144. The van der Waals surface area contributed by atoms with Crippen molar-refractivity contribution >= 4 is 23.2 Å². The van der Waals surface area contributed by atoms with Crippen molar-refractivity contribution in [2.45, 2.75) is 13.8 Å². The minimum atomic E-state index is -0.226. The van der Waals surface area contributed by atoms with Crippen LogP contribution in [0.1, 0.15) is 22.8 Å². The molecule has 2 amide bonds. The molecule has 1 aromatic heterocycles. The van der Waals surface area contributed by atoms with Crippen LogP contribution in [-0.2, 0) is 4.79 Å². The van der Waals surface area contributed by atoms with Crippen molar-refractivity contribution in [3.8, 4) is 16.9 Å². The van der Waals surface area contributed by atoms with E-state index in [4.69, 9.17) is 0 Å². The van der Waals surface area contributed by atoms with Gasteiger partial charge in [0.2, 0.25) is 5.91 Å². The first-order chi connectivity index (χ1) is 15.0. The van der Waals surface area contributed by atoms with E-state index in [1.165, 1.54) is 12.5 Å². The van der Waals surface area contributed by atoms with Crippen LogP contribution in [0.4, 0.5) is 11.4 Å². The average Bonchev–Trinajstić information content (AvgIpc) is 3.25. The molecule has 0 unspecified atom stereocenters. The van der Waals surface area contributed by atoms with Crippen LogP contribution in [0, 0.1) is 6.92 Å². The second kappa shape index (κ2) is 8.62. The Bertz CT molecular complexity index is 1210. The summed E-state index contributed by atoms with van der Waals surface area (Å²) < 4.78 is 1.74. The number of hydrogen-bond donors (Lipinski definition) is 2. The van der Waals surface area contributed by atoms with Gasteiger partial charge in [-0.15, -0.1) is 5.10 Å². The van der Waals surface area contributed by atoms with Crippen LogP contribution in [0.3, 0.4) is 0 Å². The summed E-state index contributed by atoms with van der Waals surface area (Å²) in [5.41, 5.74) is 5.71. The van der Waals surface area contributed by atoms with Crippen LogP contribution < -0.4 is 10.6 Å². The van der Waals surface area contributed by atoms with E-state index in [9.17, 15) is 9.59 Å². The van der Waals surface area contributed by atoms with Crippen molar-refractivity contribution in [2.24, 2.45) is 0 Å². The van der Waals surface area contributed by atoms with Gasteiger partial charge < -0.3 is 10.6 Å². The molecule has 2 N–H and O–H groups in total. The first-order valence-corrected chi connectivity index (χ1v) is 9.77. The van der Waals surface area contributed by atoms with Gasteiger partial charge >= 0.3 is 0 Å². The van der Waals surface area contributed by atoms with E-state index in [0.29, 0.717) is 16.9 Å². The molecule has 154 valence electrons. The highest BCUT2D eigenvalue weighted by Crippen LogP contribution is 2.22. The Kier molecular flexibility index (Phi) is 5.57. The Morgan fingerprint density at radius 1 is 0.806 bits per heavy atom. The third-order valence-electron chi connectivity index (χ3n) is 4.73. The zero-order valence-corrected chi connectivity index (χ0v) is 17.2. The zero-order valence-electron chi connectivity index (χ0n) is 17.2. The average molecular weight is 411 g/mol. The number of benzene rings is 3. The number of carbonyl (C=O) groups is 2. The number of aryl methyl sites for hydroxylation is 1. The van der Waals surface area contributed by atoms with Crippen LogP contribution in [0.15, 0.2) is 79.0 Å². The molecular weight excluding hydrogens is 390 g/mol. The van der Waals surface area contributed by atoms with E-state index >= 15 is 0 Å². The largest absolute Gasteiger partial charge is 0.326 e. The Morgan fingerprint density at radius 3 is 2.03 bits per heavy atom. The standard InChI is InChI=1S/C24H21N5O2/c1-16-3-5-18(6-4-16)23-15-25-28-29(23)22-13-7-19(8-14-22)24(31)27-21-11-9-20(10-12-21)26-17(2)30/h3-15H,1-2H3,(H,26,30)(H,27,31). The summed E-state index contributed by atoms with van der Waals surface area (Å²) in [5.74, 6) is -0.369. The van der Waals surface area contributed by atoms with Gasteiger partial charge in [-0.1, -0.05) is 35.0 Å². The molecule has 7 heteroatoms. The number of aromatic nitrogens is 3. The molecule has 0 spiro atoms. The fourth-order valence-corrected chi connectivity index (χ4v) is 3.14. The molecule has 0 atom stereocenters. The maximum atomic E-state index is 12.6. The molecule has 0 bridgehead atoms. The lowest BCUT2D eigenvalue weighted by Crippen LogP contribution is -2.12. The van der Waals surface area contributed by atoms with Gasteiger partial charge in [-0.2, -0.15) is 0 Å². The van der Waals surface area contributed by atoms with E-state index in [1.807, 2.05) is 43.3 Å². The Labute approximate surface area is 179 Å². The molecule has 3 aromatic carbocycles. The molecule has 0 aliphatic carbocycles. The van der Waals surface area contributed by atoms with Gasteiger partial charge in [-0.05, 0) is 55.5 Å². The predicted octanol–water partition coefficient (Wildman–Crippen LogP) is 4.45. The van der Waals surface area contributed by atoms with Crippen LogP contribution >= 0.6 is 0 Å². The van der Waals surface area contributed by atoms with E-state index in [2.05, 4.69) is 20.9 Å². The van der Waals surface area contributed by atoms with E-state index in [-0.39, 0.29) is 11.8 Å². The van der Waals surface area contributed by atoms with Gasteiger partial charge in [0.15, 0.2) is 0 Å². The molecule has 0 radical (unpaired) electrons. The van der Waals surface area contributed by atoms with Crippen molar-refractivity contribution in [2.75, 3.05) is 10.6 Å². The number of nitrogens with one attached hydrogen (secondary N) is 2. The Hall–Kier alpha value is -4.26. The Morgan fingerprint density at radius 2 is 1.42 bits per heavy atom. The molecular formula is C24H21N5O2. The normalized spacial score (nSPS) is 10.5. The van der Waals surface area contributed by atoms with Gasteiger partial charge in [-0.3, -0.25) is 9.59 Å². The van der Waals surface area contributed by atoms with Crippen molar-refractivity contribution in [3.05, 3.63) is 90.1 Å². The molecule has 1 heterocycles. The van der Waals surface area contributed by atoms with Gasteiger partial charge in [0.1, 0.15) is 0 Å². The molecule has 31 heavy (non-hydrogen) atoms. The van der Waals surface area contributed by atoms with Crippen LogP contribution in [0.5, 0.6) is 0 Å². The lowest BCUT2D eigenvalue weighted by molar-refractivity contribution is -0.114. The third-order valence-corrected chi connectivity index (χ3v) is 4.73. The second-order valence-corrected chi connectivity index (χ2v) is 7.16. The molecule has 0 fully saturated rings. The van der Waals surface area contributed by atoms with Gasteiger partial charge in [0.05, 0.1) is 17.6 Å². The van der Waals surface area contributed by atoms with Crippen molar-refractivity contribution < 1.29 is 9.59 Å². The Balaban J connectivity index is 1.49. The van der Waals surface area contributed by atoms with Gasteiger partial charge in [-0.25, -0.2) is 4.68 Å². The summed E-state index contributed by atoms with van der Waals surface area (Å²) in [6.45, 7) is 3.49. The fourth-order valence-electron chi connectivity index (χ4n) is 3.14. The van der Waals surface area contributed by atoms with E-state index < -0.39 is 0 Å². The van der Waals surface area contributed by atoms with Crippen LogP contribution in [-0.4, -0.2) is 26.8 Å². The number of carbonyl (C=O) groups excluding carboxylic acids is 2. The number of anilines is 2. The third kappa shape index (κ3) is 4.67. The topological polar surface area (TPSA) is 88.9 Å². The highest BCUT2D eigenvalue weighted by Gasteiger charge is 2.11. The highest BCUT2D eigenvalue weighted by molar-refractivity contribution is 6.04. The number of nitrogens with zero attached hydrogens (tertiary/aromatic N) is 3. The monoisotopic (exact) mass is 411 g/mol. The van der Waals surface area contributed by atoms with Gasteiger partial charge in [0.25, 0.3) is 5.91 Å². The minimum Gasteiger partial charge on any atom is -0.326 e. The van der Waals surface area contributed by atoms with Gasteiger partial charge in [0, 0.05) is 29.4 Å². The summed E-state index contributed by atoms with van der Waals surface area (Å²) >= 11 is 0. The van der Waals surface area contributed by atoms with E-state index in [0.717, 1.165) is 16.9 Å². The zero-order chi connectivity index (χ0) is 21.8.